The number of benzene rings is 2. The number of anilines is 1. The molecule has 1 spiro atoms. The lowest BCUT2D eigenvalue weighted by Gasteiger charge is -2.22. The highest BCUT2D eigenvalue weighted by Crippen LogP contribution is 2.44. The molecule has 0 radical (unpaired) electrons. The third-order valence-electron chi connectivity index (χ3n) is 5.02. The summed E-state index contributed by atoms with van der Waals surface area (Å²) in [5.41, 5.74) is 2.22. The lowest BCUT2D eigenvalue weighted by molar-refractivity contribution is -0.129. The molecule has 122 valence electrons. The zero-order chi connectivity index (χ0) is 16.7. The van der Waals surface area contributed by atoms with Gasteiger partial charge in [-0.25, -0.2) is 0 Å². The van der Waals surface area contributed by atoms with Crippen molar-refractivity contribution in [3.8, 4) is 0 Å². The van der Waals surface area contributed by atoms with E-state index >= 15 is 0 Å². The smallest absolute Gasteiger partial charge is 0.236 e. The number of para-hydroxylation sites is 1. The van der Waals surface area contributed by atoms with Crippen LogP contribution in [0.3, 0.4) is 0 Å². The fourth-order valence-corrected chi connectivity index (χ4v) is 3.82. The van der Waals surface area contributed by atoms with E-state index in [9.17, 15) is 9.59 Å². The maximum absolute atomic E-state index is 12.6. The second-order valence-electron chi connectivity index (χ2n) is 6.45. The van der Waals surface area contributed by atoms with Gasteiger partial charge in [0.2, 0.25) is 11.8 Å². The molecule has 5 heteroatoms. The predicted molar refractivity (Wildman–Crippen MR) is 93.1 cm³/mol. The Morgan fingerprint density at radius 1 is 1.17 bits per heavy atom. The highest BCUT2D eigenvalue weighted by atomic mass is 35.5. The summed E-state index contributed by atoms with van der Waals surface area (Å²) in [6.45, 7) is 1.05. The number of fused-ring (bicyclic) bond motifs is 2. The molecule has 2 aliphatic heterocycles. The molecule has 0 unspecified atom stereocenters. The minimum absolute atomic E-state index is 0.00509. The summed E-state index contributed by atoms with van der Waals surface area (Å²) in [7, 11) is 0. The fourth-order valence-electron chi connectivity index (χ4n) is 3.69. The summed E-state index contributed by atoms with van der Waals surface area (Å²) in [4.78, 5) is 27.0. The van der Waals surface area contributed by atoms with Gasteiger partial charge in [0, 0.05) is 23.8 Å². The molecule has 2 aromatic carbocycles. The van der Waals surface area contributed by atoms with Crippen LogP contribution in [-0.2, 0) is 21.4 Å². The van der Waals surface area contributed by atoms with Crippen molar-refractivity contribution < 1.29 is 9.59 Å². The molecule has 0 aliphatic carbocycles. The third-order valence-corrected chi connectivity index (χ3v) is 5.27. The number of amides is 2. The normalized spacial score (nSPS) is 21.9. The molecule has 24 heavy (non-hydrogen) atoms. The highest BCUT2D eigenvalue weighted by molar-refractivity contribution is 6.30. The van der Waals surface area contributed by atoms with Gasteiger partial charge in [-0.05, 0) is 35.7 Å². The third kappa shape index (κ3) is 2.38. The van der Waals surface area contributed by atoms with Crippen LogP contribution in [0, 0.1) is 0 Å². The Morgan fingerprint density at radius 2 is 1.92 bits per heavy atom. The van der Waals surface area contributed by atoms with Gasteiger partial charge in [-0.1, -0.05) is 41.9 Å². The molecule has 0 aromatic heterocycles. The number of hydrogen-bond donors (Lipinski definition) is 1. The molecular formula is C19H17ClN2O2. The molecule has 1 fully saturated rings. The number of rotatable bonds is 2. The predicted octanol–water partition coefficient (Wildman–Crippen LogP) is 3.00. The quantitative estimate of drug-likeness (QED) is 0.913. The average Bonchev–Trinajstić information content (AvgIpc) is 3.14. The van der Waals surface area contributed by atoms with Crippen LogP contribution in [0.1, 0.15) is 17.5 Å². The molecule has 1 N–H and O–H groups in total. The Bertz CT molecular complexity index is 818. The van der Waals surface area contributed by atoms with Crippen LogP contribution < -0.4 is 5.32 Å². The van der Waals surface area contributed by atoms with Crippen molar-refractivity contribution in [3.05, 3.63) is 64.7 Å². The number of nitrogens with zero attached hydrogens (tertiary/aromatic N) is 1. The summed E-state index contributed by atoms with van der Waals surface area (Å²) in [6.07, 6.45) is 0.999. The largest absolute Gasteiger partial charge is 0.341 e. The molecular weight excluding hydrogens is 324 g/mol. The summed E-state index contributed by atoms with van der Waals surface area (Å²) < 4.78 is 0. The van der Waals surface area contributed by atoms with Crippen LogP contribution in [0.2, 0.25) is 5.02 Å². The van der Waals surface area contributed by atoms with Crippen molar-refractivity contribution in [2.45, 2.75) is 18.3 Å². The minimum Gasteiger partial charge on any atom is -0.341 e. The molecule has 1 saturated heterocycles. The van der Waals surface area contributed by atoms with E-state index in [0.29, 0.717) is 31.0 Å². The van der Waals surface area contributed by atoms with Crippen LogP contribution in [0.25, 0.3) is 0 Å². The molecule has 2 aliphatic rings. The van der Waals surface area contributed by atoms with E-state index in [2.05, 4.69) is 5.32 Å². The van der Waals surface area contributed by atoms with E-state index in [-0.39, 0.29) is 11.8 Å². The van der Waals surface area contributed by atoms with Gasteiger partial charge in [-0.3, -0.25) is 9.59 Å². The molecule has 2 heterocycles. The van der Waals surface area contributed by atoms with Gasteiger partial charge in [0.05, 0.1) is 11.8 Å². The van der Waals surface area contributed by atoms with Crippen LogP contribution in [-0.4, -0.2) is 29.8 Å². The topological polar surface area (TPSA) is 49.4 Å². The molecule has 0 bridgehead atoms. The van der Waals surface area contributed by atoms with E-state index in [1.807, 2.05) is 36.4 Å². The summed E-state index contributed by atoms with van der Waals surface area (Å²) in [5.74, 6) is 0.0527. The first kappa shape index (κ1) is 15.2. The van der Waals surface area contributed by atoms with Gasteiger partial charge in [0.15, 0.2) is 0 Å². The number of halogens is 1. The van der Waals surface area contributed by atoms with Gasteiger partial charge in [0.25, 0.3) is 0 Å². The Labute approximate surface area is 145 Å². The van der Waals surface area contributed by atoms with Gasteiger partial charge < -0.3 is 10.2 Å². The Balaban J connectivity index is 1.53. The second-order valence-corrected chi connectivity index (χ2v) is 6.89. The van der Waals surface area contributed by atoms with E-state index in [4.69, 9.17) is 11.6 Å². The van der Waals surface area contributed by atoms with Crippen molar-refractivity contribution in [1.29, 1.82) is 0 Å². The molecule has 2 amide bonds. The number of carbonyl (C=O) groups is 2. The van der Waals surface area contributed by atoms with E-state index in [1.165, 1.54) is 0 Å². The Kier molecular flexibility index (Phi) is 3.57. The van der Waals surface area contributed by atoms with Crippen molar-refractivity contribution in [3.63, 3.8) is 0 Å². The molecule has 4 rings (SSSR count). The number of likely N-dealkylation sites (tertiary alicyclic amines) is 1. The monoisotopic (exact) mass is 340 g/mol. The number of nitrogens with one attached hydrogen (secondary N) is 1. The lowest BCUT2D eigenvalue weighted by atomic mass is 9.81. The summed E-state index contributed by atoms with van der Waals surface area (Å²) >= 11 is 5.88. The van der Waals surface area contributed by atoms with E-state index in [1.54, 1.807) is 17.0 Å². The van der Waals surface area contributed by atoms with E-state index < -0.39 is 5.41 Å². The van der Waals surface area contributed by atoms with Gasteiger partial charge in [0.1, 0.15) is 0 Å². The Hall–Kier alpha value is -2.33. The first-order valence-electron chi connectivity index (χ1n) is 8.02. The van der Waals surface area contributed by atoms with Crippen LogP contribution in [0.15, 0.2) is 48.5 Å². The van der Waals surface area contributed by atoms with Crippen LogP contribution in [0.5, 0.6) is 0 Å². The van der Waals surface area contributed by atoms with Crippen molar-refractivity contribution in [2.75, 3.05) is 18.4 Å². The minimum atomic E-state index is -0.591. The average molecular weight is 341 g/mol. The van der Waals surface area contributed by atoms with Crippen molar-refractivity contribution in [2.24, 2.45) is 0 Å². The summed E-state index contributed by atoms with van der Waals surface area (Å²) in [5, 5.41) is 3.61. The SMILES string of the molecule is O=C(Cc1ccc(Cl)cc1)N1CC[C@]2(C1)C(=O)Nc1ccccc12. The molecule has 0 saturated carbocycles. The maximum atomic E-state index is 12.6. The van der Waals surface area contributed by atoms with Crippen LogP contribution in [0.4, 0.5) is 5.69 Å². The zero-order valence-electron chi connectivity index (χ0n) is 13.1. The standard InChI is InChI=1S/C19H17ClN2O2/c20-14-7-5-13(6-8-14)11-17(23)22-10-9-19(12-22)15-3-1-2-4-16(15)21-18(19)24/h1-8H,9-12H2,(H,21,24)/t19-/m1/s1. The van der Waals surface area contributed by atoms with Crippen molar-refractivity contribution >= 4 is 29.1 Å². The highest BCUT2D eigenvalue weighted by Gasteiger charge is 2.51. The number of carbonyl (C=O) groups excluding carboxylic acids is 2. The van der Waals surface area contributed by atoms with E-state index in [0.717, 1.165) is 16.8 Å². The second kappa shape index (κ2) is 5.64. The zero-order valence-corrected chi connectivity index (χ0v) is 13.8. The van der Waals surface area contributed by atoms with Crippen LogP contribution >= 0.6 is 11.6 Å². The first-order valence-corrected chi connectivity index (χ1v) is 8.39. The van der Waals surface area contributed by atoms with Gasteiger partial charge >= 0.3 is 0 Å². The summed E-state index contributed by atoms with van der Waals surface area (Å²) in [6, 6.07) is 15.1. The lowest BCUT2D eigenvalue weighted by Crippen LogP contribution is -2.39. The Morgan fingerprint density at radius 3 is 2.71 bits per heavy atom. The molecule has 2 aromatic rings. The number of hydrogen-bond acceptors (Lipinski definition) is 2. The van der Waals surface area contributed by atoms with Crippen molar-refractivity contribution in [1.82, 2.24) is 4.90 Å². The first-order chi connectivity index (χ1) is 11.6. The molecule has 4 nitrogen and oxygen atoms in total. The molecule has 1 atom stereocenters. The fraction of sp³-hybridized carbons (Fsp3) is 0.263. The van der Waals surface area contributed by atoms with Gasteiger partial charge in [-0.2, -0.15) is 0 Å². The maximum Gasteiger partial charge on any atom is 0.236 e. The van der Waals surface area contributed by atoms with Gasteiger partial charge in [-0.15, -0.1) is 0 Å².